The first-order chi connectivity index (χ1) is 12.4. The quantitative estimate of drug-likeness (QED) is 0.688. The van der Waals surface area contributed by atoms with Crippen LogP contribution in [0.25, 0.3) is 0 Å². The van der Waals surface area contributed by atoms with Gasteiger partial charge in [-0.2, -0.15) is 13.2 Å². The van der Waals surface area contributed by atoms with E-state index in [1.807, 2.05) is 20.8 Å². The van der Waals surface area contributed by atoms with Crippen molar-refractivity contribution >= 4 is 17.7 Å². The van der Waals surface area contributed by atoms with Gasteiger partial charge >= 0.3 is 12.3 Å². The third-order valence-corrected chi connectivity index (χ3v) is 4.98. The Morgan fingerprint density at radius 3 is 2.30 bits per heavy atom. The first kappa shape index (κ1) is 20.0. The third-order valence-electron chi connectivity index (χ3n) is 4.71. The molecule has 2 saturated heterocycles. The van der Waals surface area contributed by atoms with E-state index >= 15 is 0 Å². The monoisotopic (exact) mass is 406 g/mol. The van der Waals surface area contributed by atoms with Gasteiger partial charge in [0.15, 0.2) is 0 Å². The predicted molar refractivity (Wildman–Crippen MR) is 92.8 cm³/mol. The fourth-order valence-corrected chi connectivity index (χ4v) is 3.87. The number of alkyl halides is 3. The average Bonchev–Trinajstić information content (AvgIpc) is 2.78. The van der Waals surface area contributed by atoms with Crippen LogP contribution in [0, 0.1) is 0 Å². The summed E-state index contributed by atoms with van der Waals surface area (Å²) in [7, 11) is 0. The van der Waals surface area contributed by atoms with Gasteiger partial charge < -0.3 is 14.4 Å². The van der Waals surface area contributed by atoms with Crippen LogP contribution in [0.5, 0.6) is 5.88 Å². The number of ether oxygens (including phenoxy) is 2. The van der Waals surface area contributed by atoms with E-state index in [9.17, 15) is 18.0 Å². The van der Waals surface area contributed by atoms with Crippen LogP contribution in [0.1, 0.15) is 52.0 Å². The number of hydrogen-bond donors (Lipinski definition) is 0. The van der Waals surface area contributed by atoms with Crippen LogP contribution in [0.2, 0.25) is 5.02 Å². The lowest BCUT2D eigenvalue weighted by Crippen LogP contribution is -2.50. The number of rotatable bonds is 2. The number of hydrogen-bond acceptors (Lipinski definition) is 4. The molecule has 3 atom stereocenters. The zero-order valence-corrected chi connectivity index (χ0v) is 16.1. The SMILES string of the molecule is CC(C)(C)OC(=O)N1[C@@H]2CC[C@H]1CC(Oc1ncc(C(F)(F)F)cc1Cl)C2. The van der Waals surface area contributed by atoms with E-state index in [-0.39, 0.29) is 35.2 Å². The largest absolute Gasteiger partial charge is 0.473 e. The van der Waals surface area contributed by atoms with E-state index in [1.165, 1.54) is 0 Å². The number of fused-ring (bicyclic) bond motifs is 2. The minimum atomic E-state index is -4.51. The summed E-state index contributed by atoms with van der Waals surface area (Å²) in [5.74, 6) is -0.0141. The van der Waals surface area contributed by atoms with E-state index < -0.39 is 17.3 Å². The zero-order chi connectivity index (χ0) is 20.0. The summed E-state index contributed by atoms with van der Waals surface area (Å²) in [4.78, 5) is 18.0. The summed E-state index contributed by atoms with van der Waals surface area (Å²) in [6.07, 6.45) is -1.57. The Kier molecular flexibility index (Phi) is 5.22. The van der Waals surface area contributed by atoms with Crippen molar-refractivity contribution in [2.24, 2.45) is 0 Å². The summed E-state index contributed by atoms with van der Waals surface area (Å²) in [5, 5.41) is -0.174. The first-order valence-electron chi connectivity index (χ1n) is 8.85. The molecule has 5 nitrogen and oxygen atoms in total. The molecule has 9 heteroatoms. The maximum Gasteiger partial charge on any atom is 0.417 e. The summed E-state index contributed by atoms with van der Waals surface area (Å²) in [6.45, 7) is 5.46. The number of aromatic nitrogens is 1. The first-order valence-corrected chi connectivity index (χ1v) is 9.22. The molecule has 0 radical (unpaired) electrons. The molecule has 2 aliphatic rings. The van der Waals surface area contributed by atoms with Gasteiger partial charge in [0.1, 0.15) is 16.7 Å². The van der Waals surface area contributed by atoms with Crippen LogP contribution in [0.15, 0.2) is 12.3 Å². The van der Waals surface area contributed by atoms with Gasteiger partial charge in [-0.05, 0) is 39.7 Å². The van der Waals surface area contributed by atoms with Crippen LogP contribution >= 0.6 is 11.6 Å². The second-order valence-electron chi connectivity index (χ2n) is 7.99. The normalized spacial score (nSPS) is 25.4. The molecule has 1 unspecified atom stereocenters. The highest BCUT2D eigenvalue weighted by Gasteiger charge is 2.45. The molecule has 2 fully saturated rings. The highest BCUT2D eigenvalue weighted by atomic mass is 35.5. The summed E-state index contributed by atoms with van der Waals surface area (Å²) in [6, 6.07) is 0.780. The number of carbonyl (C=O) groups excluding carboxylic acids is 1. The lowest BCUT2D eigenvalue weighted by atomic mass is 10.0. The fourth-order valence-electron chi connectivity index (χ4n) is 3.66. The maximum atomic E-state index is 12.7. The molecule has 0 saturated carbocycles. The van der Waals surface area contributed by atoms with Crippen LogP contribution < -0.4 is 4.74 Å². The third kappa shape index (κ3) is 4.59. The molecule has 3 rings (SSSR count). The van der Waals surface area contributed by atoms with Gasteiger partial charge in [-0.3, -0.25) is 0 Å². The average molecular weight is 407 g/mol. The molecule has 27 heavy (non-hydrogen) atoms. The molecule has 1 aromatic rings. The number of halogens is 4. The van der Waals surface area contributed by atoms with Gasteiger partial charge in [0, 0.05) is 31.1 Å². The van der Waals surface area contributed by atoms with Crippen molar-refractivity contribution in [2.75, 3.05) is 0 Å². The van der Waals surface area contributed by atoms with Crippen molar-refractivity contribution in [1.29, 1.82) is 0 Å². The Morgan fingerprint density at radius 2 is 1.81 bits per heavy atom. The van der Waals surface area contributed by atoms with Crippen molar-refractivity contribution in [1.82, 2.24) is 9.88 Å². The molecule has 1 amide bonds. The number of nitrogens with zero attached hydrogens (tertiary/aromatic N) is 2. The van der Waals surface area contributed by atoms with Crippen molar-refractivity contribution in [3.63, 3.8) is 0 Å². The fraction of sp³-hybridized carbons (Fsp3) is 0.667. The molecule has 2 aliphatic heterocycles. The molecule has 0 spiro atoms. The minimum Gasteiger partial charge on any atom is -0.473 e. The van der Waals surface area contributed by atoms with E-state index in [4.69, 9.17) is 21.1 Å². The molecule has 3 heterocycles. The Hall–Kier alpha value is -1.70. The molecule has 0 aromatic carbocycles. The van der Waals surface area contributed by atoms with Gasteiger partial charge in [0.25, 0.3) is 0 Å². The highest BCUT2D eigenvalue weighted by Crippen LogP contribution is 2.39. The molecule has 150 valence electrons. The van der Waals surface area contributed by atoms with Crippen LogP contribution in [0.3, 0.4) is 0 Å². The molecular weight excluding hydrogens is 385 g/mol. The topological polar surface area (TPSA) is 51.7 Å². The van der Waals surface area contributed by atoms with E-state index in [2.05, 4.69) is 4.98 Å². The molecule has 1 aromatic heterocycles. The highest BCUT2D eigenvalue weighted by molar-refractivity contribution is 6.31. The molecule has 2 bridgehead atoms. The smallest absolute Gasteiger partial charge is 0.417 e. The minimum absolute atomic E-state index is 0.0141. The van der Waals surface area contributed by atoms with Gasteiger partial charge in [-0.25, -0.2) is 9.78 Å². The Bertz CT molecular complexity index is 707. The summed E-state index contributed by atoms with van der Waals surface area (Å²) >= 11 is 5.92. The second-order valence-corrected chi connectivity index (χ2v) is 8.40. The van der Waals surface area contributed by atoms with E-state index in [0.29, 0.717) is 19.0 Å². The van der Waals surface area contributed by atoms with E-state index in [0.717, 1.165) is 18.9 Å². The van der Waals surface area contributed by atoms with Crippen molar-refractivity contribution in [3.8, 4) is 5.88 Å². The summed E-state index contributed by atoms with van der Waals surface area (Å²) < 4.78 is 49.4. The van der Waals surface area contributed by atoms with Crippen molar-refractivity contribution in [3.05, 3.63) is 22.8 Å². The van der Waals surface area contributed by atoms with Crippen LogP contribution in [-0.4, -0.2) is 39.8 Å². The van der Waals surface area contributed by atoms with Gasteiger partial charge in [0.2, 0.25) is 5.88 Å². The number of carbonyl (C=O) groups is 1. The Morgan fingerprint density at radius 1 is 1.22 bits per heavy atom. The number of piperidine rings is 1. The molecule has 0 aliphatic carbocycles. The Balaban J connectivity index is 1.66. The van der Waals surface area contributed by atoms with Crippen molar-refractivity contribution < 1.29 is 27.4 Å². The zero-order valence-electron chi connectivity index (χ0n) is 15.3. The van der Waals surface area contributed by atoms with Gasteiger partial charge in [-0.15, -0.1) is 0 Å². The van der Waals surface area contributed by atoms with Crippen LogP contribution in [0.4, 0.5) is 18.0 Å². The predicted octanol–water partition coefficient (Wildman–Crippen LogP) is 5.06. The summed E-state index contributed by atoms with van der Waals surface area (Å²) in [5.41, 5.74) is -1.48. The van der Waals surface area contributed by atoms with Gasteiger partial charge in [-0.1, -0.05) is 11.6 Å². The van der Waals surface area contributed by atoms with Crippen LogP contribution in [-0.2, 0) is 10.9 Å². The lowest BCUT2D eigenvalue weighted by Gasteiger charge is -2.39. The number of pyridine rings is 1. The van der Waals surface area contributed by atoms with Gasteiger partial charge in [0.05, 0.1) is 5.56 Å². The molecule has 0 N–H and O–H groups in total. The molecular formula is C18H22ClF3N2O3. The maximum absolute atomic E-state index is 12.7. The number of amides is 1. The standard InChI is InChI=1S/C18H22ClF3N2O3/c1-17(2,3)27-16(25)24-11-4-5-12(24)8-13(7-11)26-15-14(19)6-10(9-23-15)18(20,21)22/h6,9,11-13H,4-5,7-8H2,1-3H3/t11-,12+,13?. The second kappa shape index (κ2) is 7.04. The van der Waals surface area contributed by atoms with Crippen molar-refractivity contribution in [2.45, 2.75) is 76.4 Å². The lowest BCUT2D eigenvalue weighted by molar-refractivity contribution is -0.137. The van der Waals surface area contributed by atoms with E-state index in [1.54, 1.807) is 4.90 Å². The Labute approximate surface area is 160 Å².